The predicted molar refractivity (Wildman–Crippen MR) is 269 cm³/mol. The number of aryl methyl sites for hydroxylation is 1. The van der Waals surface area contributed by atoms with Gasteiger partial charge in [0.15, 0.2) is 11.6 Å². The molecule has 0 fully saturated rings. The van der Waals surface area contributed by atoms with Crippen molar-refractivity contribution in [3.8, 4) is 11.5 Å². The molecule has 0 heterocycles. The van der Waals surface area contributed by atoms with Gasteiger partial charge in [0.2, 0.25) is 12.1 Å². The van der Waals surface area contributed by atoms with Crippen LogP contribution in [0.2, 0.25) is 10.0 Å². The number of carbonyl (C=O) groups excluding carboxylic acids is 6. The van der Waals surface area contributed by atoms with Crippen LogP contribution in [0.3, 0.4) is 0 Å². The number of hydrogen-bond donors (Lipinski definition) is 4. The molecule has 360 valence electrons. The summed E-state index contributed by atoms with van der Waals surface area (Å²) in [7, 11) is 0. The van der Waals surface area contributed by atoms with Gasteiger partial charge in [-0.3, -0.25) is 28.8 Å². The standard InChI is InChI=1S/C48H45Cl5N8O8/c1-5-68-39-21-28(24-50)13-16-35(39)56-45(64)32-9-7-11-37(41(32)52)58-60-43(26(3)62)47(66)54-31-15-18-34(30(23-31)19-20-49)55-48(67)44(27(4)63)61-59-38-12-8-10-33(42(38)53)46(65)57-36-17-14-29(25-51)22-40(36)69-6-2/h7-18,21-23,43-44H,5-6,19-20,24-25H2,1-4H3,(H,54,66)(H,55,67)(H,56,64)(H,57,65). The molecule has 16 nitrogen and oxygen atoms in total. The van der Waals surface area contributed by atoms with E-state index in [9.17, 15) is 28.8 Å². The molecule has 0 saturated heterocycles. The molecule has 0 saturated carbocycles. The summed E-state index contributed by atoms with van der Waals surface area (Å²) >= 11 is 31.2. The van der Waals surface area contributed by atoms with E-state index in [1.165, 1.54) is 54.6 Å². The van der Waals surface area contributed by atoms with Crippen LogP contribution >= 0.6 is 58.0 Å². The van der Waals surface area contributed by atoms with E-state index in [4.69, 9.17) is 67.5 Å². The van der Waals surface area contributed by atoms with Crippen molar-refractivity contribution >= 4 is 127 Å². The Kier molecular flexibility index (Phi) is 20.0. The molecule has 5 rings (SSSR count). The number of amides is 4. The van der Waals surface area contributed by atoms with E-state index >= 15 is 0 Å². The van der Waals surface area contributed by atoms with Crippen molar-refractivity contribution in [2.45, 2.75) is 58.0 Å². The first-order valence-electron chi connectivity index (χ1n) is 21.1. The Balaban J connectivity index is 1.28. The smallest absolute Gasteiger partial charge is 0.258 e. The molecule has 0 aliphatic carbocycles. The van der Waals surface area contributed by atoms with E-state index in [0.29, 0.717) is 41.7 Å². The van der Waals surface area contributed by atoms with Gasteiger partial charge in [-0.1, -0.05) is 47.5 Å². The predicted octanol–water partition coefficient (Wildman–Crippen LogP) is 11.9. The van der Waals surface area contributed by atoms with Gasteiger partial charge in [-0.15, -0.1) is 34.8 Å². The van der Waals surface area contributed by atoms with Gasteiger partial charge < -0.3 is 30.7 Å². The number of hydrogen-bond acceptors (Lipinski definition) is 12. The summed E-state index contributed by atoms with van der Waals surface area (Å²) in [6, 6.07) is 20.3. The summed E-state index contributed by atoms with van der Waals surface area (Å²) in [5, 5.41) is 26.8. The summed E-state index contributed by atoms with van der Waals surface area (Å²) < 4.78 is 11.3. The molecule has 5 aromatic carbocycles. The van der Waals surface area contributed by atoms with Crippen molar-refractivity contribution in [2.24, 2.45) is 20.5 Å². The number of azo groups is 2. The minimum atomic E-state index is -1.64. The minimum Gasteiger partial charge on any atom is -0.492 e. The Hall–Kier alpha value is -6.43. The van der Waals surface area contributed by atoms with Crippen LogP contribution in [-0.2, 0) is 37.4 Å². The highest BCUT2D eigenvalue weighted by molar-refractivity contribution is 6.37. The average molecular weight is 1040 g/mol. The number of nitrogens with one attached hydrogen (secondary N) is 4. The normalized spacial score (nSPS) is 12.0. The molecule has 4 amide bonds. The number of rotatable bonds is 22. The minimum absolute atomic E-state index is 0.0128. The van der Waals surface area contributed by atoms with Gasteiger partial charge in [0.1, 0.15) is 22.9 Å². The highest BCUT2D eigenvalue weighted by Crippen LogP contribution is 2.34. The molecule has 0 aliphatic rings. The number of anilines is 4. The molecule has 0 radical (unpaired) electrons. The molecular formula is C48H45Cl5N8O8. The van der Waals surface area contributed by atoms with Gasteiger partial charge >= 0.3 is 0 Å². The maximum atomic E-state index is 13.6. The fraction of sp³-hybridized carbons (Fsp3) is 0.250. The number of ketones is 2. The monoisotopic (exact) mass is 1040 g/mol. The van der Waals surface area contributed by atoms with E-state index in [2.05, 4.69) is 41.7 Å². The highest BCUT2D eigenvalue weighted by Gasteiger charge is 2.27. The van der Waals surface area contributed by atoms with E-state index in [0.717, 1.165) is 25.0 Å². The van der Waals surface area contributed by atoms with E-state index in [1.807, 2.05) is 0 Å². The fourth-order valence-electron chi connectivity index (χ4n) is 6.37. The van der Waals surface area contributed by atoms with Crippen molar-refractivity contribution < 1.29 is 38.2 Å². The zero-order chi connectivity index (χ0) is 50.2. The van der Waals surface area contributed by atoms with Crippen molar-refractivity contribution in [1.29, 1.82) is 0 Å². The summed E-state index contributed by atoms with van der Waals surface area (Å²) in [6.45, 7) is 6.61. The van der Waals surface area contributed by atoms with Gasteiger partial charge in [-0.25, -0.2) is 0 Å². The molecule has 0 aromatic heterocycles. The molecule has 5 aromatic rings. The van der Waals surface area contributed by atoms with Crippen molar-refractivity contribution in [3.05, 3.63) is 129 Å². The second kappa shape index (κ2) is 25.8. The Bertz CT molecular complexity index is 2810. The number of ether oxygens (including phenoxy) is 2. The van der Waals surface area contributed by atoms with Gasteiger partial charge in [-0.2, -0.15) is 20.5 Å². The number of Topliss-reactive ketones (excluding diaryl/α,β-unsaturated/α-hetero) is 2. The molecule has 2 atom stereocenters. The van der Waals surface area contributed by atoms with E-state index < -0.39 is 47.3 Å². The lowest BCUT2D eigenvalue weighted by Gasteiger charge is -2.16. The van der Waals surface area contributed by atoms with Crippen LogP contribution in [0.25, 0.3) is 0 Å². The van der Waals surface area contributed by atoms with E-state index in [-0.39, 0.29) is 68.0 Å². The molecule has 69 heavy (non-hydrogen) atoms. The van der Waals surface area contributed by atoms with Crippen LogP contribution in [0.5, 0.6) is 11.5 Å². The van der Waals surface area contributed by atoms with Crippen molar-refractivity contribution in [2.75, 3.05) is 40.4 Å². The first-order chi connectivity index (χ1) is 33.1. The first-order valence-corrected chi connectivity index (χ1v) is 23.4. The van der Waals surface area contributed by atoms with Crippen LogP contribution in [-0.4, -0.2) is 66.4 Å². The topological polar surface area (TPSA) is 218 Å². The maximum Gasteiger partial charge on any atom is 0.258 e. The quantitative estimate of drug-likeness (QED) is 0.0296. The number of halogens is 5. The summed E-state index contributed by atoms with van der Waals surface area (Å²) in [5.41, 5.74) is 3.36. The van der Waals surface area contributed by atoms with Gasteiger partial charge in [0.05, 0.1) is 45.8 Å². The number of carbonyl (C=O) groups is 6. The van der Waals surface area contributed by atoms with Gasteiger partial charge in [0.25, 0.3) is 23.6 Å². The largest absolute Gasteiger partial charge is 0.492 e. The molecule has 0 aliphatic heterocycles. The summed E-state index contributed by atoms with van der Waals surface area (Å²) in [4.78, 5) is 79.2. The second-order valence-electron chi connectivity index (χ2n) is 14.7. The second-order valence-corrected chi connectivity index (χ2v) is 16.4. The Morgan fingerprint density at radius 3 is 1.43 bits per heavy atom. The number of alkyl halides is 3. The Morgan fingerprint density at radius 1 is 0.565 bits per heavy atom. The highest BCUT2D eigenvalue weighted by atomic mass is 35.5. The first kappa shape index (κ1) is 53.5. The lowest BCUT2D eigenvalue weighted by Crippen LogP contribution is -2.32. The maximum absolute atomic E-state index is 13.6. The number of benzene rings is 5. The zero-order valence-electron chi connectivity index (χ0n) is 37.5. The molecular weight excluding hydrogens is 994 g/mol. The molecule has 0 spiro atoms. The Labute approximate surface area is 422 Å². The van der Waals surface area contributed by atoms with Gasteiger partial charge in [0, 0.05) is 29.0 Å². The molecule has 0 bridgehead atoms. The third-order valence-electron chi connectivity index (χ3n) is 9.77. The molecule has 4 N–H and O–H groups in total. The van der Waals surface area contributed by atoms with Crippen molar-refractivity contribution in [3.63, 3.8) is 0 Å². The SMILES string of the molecule is CCOc1cc(CCl)ccc1NC(=O)c1cccc(N=NC(C(C)=O)C(=O)Nc2ccc(NC(=O)C(N=Nc3cccc(C(=O)Nc4ccc(CCl)cc4OCC)c3Cl)C(C)=O)c(CCCl)c2)c1Cl. The van der Waals surface area contributed by atoms with Crippen molar-refractivity contribution in [1.82, 2.24) is 0 Å². The fourth-order valence-corrected chi connectivity index (χ4v) is 7.41. The third-order valence-corrected chi connectivity index (χ3v) is 11.4. The van der Waals surface area contributed by atoms with Crippen LogP contribution in [0.15, 0.2) is 111 Å². The van der Waals surface area contributed by atoms with Crippen LogP contribution in [0.4, 0.5) is 34.1 Å². The van der Waals surface area contributed by atoms with Crippen LogP contribution < -0.4 is 30.7 Å². The lowest BCUT2D eigenvalue weighted by atomic mass is 10.1. The van der Waals surface area contributed by atoms with Gasteiger partial charge in [-0.05, 0) is 118 Å². The molecule has 21 heteroatoms. The van der Waals surface area contributed by atoms with Crippen LogP contribution in [0.1, 0.15) is 65.1 Å². The van der Waals surface area contributed by atoms with Crippen LogP contribution in [0, 0.1) is 0 Å². The third kappa shape index (κ3) is 14.3. The van der Waals surface area contributed by atoms with E-state index in [1.54, 1.807) is 50.2 Å². The summed E-state index contributed by atoms with van der Waals surface area (Å²) in [5.74, 6) is -2.73. The Morgan fingerprint density at radius 2 is 1.01 bits per heavy atom. The molecule has 2 unspecified atom stereocenters. The average Bonchev–Trinajstić information content (AvgIpc) is 3.32. The summed E-state index contributed by atoms with van der Waals surface area (Å²) in [6.07, 6.45) is 0.199. The zero-order valence-corrected chi connectivity index (χ0v) is 41.3. The number of nitrogens with zero attached hydrogens (tertiary/aromatic N) is 4. The lowest BCUT2D eigenvalue weighted by molar-refractivity contribution is -0.127.